The number of rotatable bonds is 5. The molecule has 2 aromatic rings. The summed E-state index contributed by atoms with van der Waals surface area (Å²) < 4.78 is 23.5. The average molecular weight is 285 g/mol. The summed E-state index contributed by atoms with van der Waals surface area (Å²) in [6, 6.07) is 6.25. The zero-order valence-electron chi connectivity index (χ0n) is 10.3. The lowest BCUT2D eigenvalue weighted by Gasteiger charge is -2.15. The minimum Gasteiger partial charge on any atom is -0.494 e. The zero-order valence-corrected chi connectivity index (χ0v) is 11.1. The molecule has 19 heavy (non-hydrogen) atoms. The molecule has 0 aliphatic carbocycles. The van der Waals surface area contributed by atoms with Gasteiger partial charge in [0.15, 0.2) is 16.8 Å². The van der Waals surface area contributed by atoms with Crippen LogP contribution in [0, 0.1) is 5.82 Å². The van der Waals surface area contributed by atoms with Crippen LogP contribution in [0.15, 0.2) is 34.9 Å². The number of ether oxygens (including phenoxy) is 1. The van der Waals surface area contributed by atoms with Crippen LogP contribution in [-0.2, 0) is 6.42 Å². The third kappa shape index (κ3) is 3.07. The molecule has 0 amide bonds. The second kappa shape index (κ2) is 6.06. The summed E-state index contributed by atoms with van der Waals surface area (Å²) >= 11 is 5.90. The molecule has 0 aliphatic heterocycles. The largest absolute Gasteiger partial charge is 0.494 e. The van der Waals surface area contributed by atoms with E-state index in [2.05, 4.69) is 5.43 Å². The van der Waals surface area contributed by atoms with Crippen LogP contribution in [0.2, 0.25) is 5.22 Å². The molecule has 1 atom stereocenters. The highest BCUT2D eigenvalue weighted by molar-refractivity contribution is 6.29. The van der Waals surface area contributed by atoms with Crippen LogP contribution in [0.3, 0.4) is 0 Å². The standard InChI is InChI=1S/C13H14ClFN2O2/c1-18-12-3-2-8(6-10(12)15)7-11(17-16)9-4-5-19-13(9)14/h2-6,11,17H,7,16H2,1H3. The summed E-state index contributed by atoms with van der Waals surface area (Å²) in [5.74, 6) is 5.31. The predicted molar refractivity (Wildman–Crippen MR) is 70.4 cm³/mol. The minimum absolute atomic E-state index is 0.211. The summed E-state index contributed by atoms with van der Waals surface area (Å²) in [6.07, 6.45) is 1.97. The van der Waals surface area contributed by atoms with Crippen molar-refractivity contribution in [3.63, 3.8) is 0 Å². The first-order valence-electron chi connectivity index (χ1n) is 5.67. The highest BCUT2D eigenvalue weighted by Crippen LogP contribution is 2.27. The molecule has 0 saturated heterocycles. The number of methoxy groups -OCH3 is 1. The summed E-state index contributed by atoms with van der Waals surface area (Å²) in [7, 11) is 1.42. The van der Waals surface area contributed by atoms with Crippen molar-refractivity contribution in [3.8, 4) is 5.75 Å². The van der Waals surface area contributed by atoms with Gasteiger partial charge in [0.1, 0.15) is 0 Å². The van der Waals surface area contributed by atoms with Crippen molar-refractivity contribution in [1.29, 1.82) is 0 Å². The number of hydrazine groups is 1. The fraction of sp³-hybridized carbons (Fsp3) is 0.231. The van der Waals surface area contributed by atoms with Crippen LogP contribution in [0.25, 0.3) is 0 Å². The molecule has 1 aromatic heterocycles. The van der Waals surface area contributed by atoms with Gasteiger partial charge in [-0.2, -0.15) is 0 Å². The Kier molecular flexibility index (Phi) is 4.42. The first-order valence-corrected chi connectivity index (χ1v) is 6.05. The summed E-state index contributed by atoms with van der Waals surface area (Å²) in [5, 5.41) is 0.275. The quantitative estimate of drug-likeness (QED) is 0.655. The molecule has 1 heterocycles. The smallest absolute Gasteiger partial charge is 0.197 e. The molecule has 0 bridgehead atoms. The van der Waals surface area contributed by atoms with E-state index < -0.39 is 5.82 Å². The van der Waals surface area contributed by atoms with E-state index in [1.54, 1.807) is 18.2 Å². The normalized spacial score (nSPS) is 12.4. The van der Waals surface area contributed by atoms with Gasteiger partial charge in [-0.05, 0) is 41.8 Å². The predicted octanol–water partition coefficient (Wildman–Crippen LogP) is 2.83. The van der Waals surface area contributed by atoms with Crippen molar-refractivity contribution in [2.24, 2.45) is 5.84 Å². The first-order chi connectivity index (χ1) is 9.15. The van der Waals surface area contributed by atoms with E-state index in [1.807, 2.05) is 0 Å². The van der Waals surface area contributed by atoms with Gasteiger partial charge in [0.2, 0.25) is 0 Å². The van der Waals surface area contributed by atoms with Gasteiger partial charge < -0.3 is 9.15 Å². The summed E-state index contributed by atoms with van der Waals surface area (Å²) in [5.41, 5.74) is 4.16. The first kappa shape index (κ1) is 13.9. The maximum atomic E-state index is 13.6. The monoisotopic (exact) mass is 284 g/mol. The van der Waals surface area contributed by atoms with Gasteiger partial charge in [0.25, 0.3) is 0 Å². The fourth-order valence-corrected chi connectivity index (χ4v) is 2.13. The summed E-state index contributed by atoms with van der Waals surface area (Å²) in [6.45, 7) is 0. The van der Waals surface area contributed by atoms with E-state index in [4.69, 9.17) is 26.6 Å². The van der Waals surface area contributed by atoms with Crippen LogP contribution in [-0.4, -0.2) is 7.11 Å². The van der Waals surface area contributed by atoms with Crippen LogP contribution in [0.1, 0.15) is 17.2 Å². The highest BCUT2D eigenvalue weighted by atomic mass is 35.5. The van der Waals surface area contributed by atoms with Gasteiger partial charge in [-0.15, -0.1) is 0 Å². The molecule has 4 nitrogen and oxygen atoms in total. The zero-order chi connectivity index (χ0) is 13.8. The maximum absolute atomic E-state index is 13.6. The van der Waals surface area contributed by atoms with E-state index >= 15 is 0 Å². The Morgan fingerprint density at radius 1 is 1.47 bits per heavy atom. The Balaban J connectivity index is 2.19. The second-order valence-corrected chi connectivity index (χ2v) is 4.39. The lowest BCUT2D eigenvalue weighted by atomic mass is 10.0. The number of hydrogen-bond donors (Lipinski definition) is 2. The fourth-order valence-electron chi connectivity index (χ4n) is 1.88. The van der Waals surface area contributed by atoms with Crippen LogP contribution < -0.4 is 16.0 Å². The molecule has 0 aliphatic rings. The molecule has 6 heteroatoms. The Labute approximate surface area is 115 Å². The van der Waals surface area contributed by atoms with Crippen molar-refractivity contribution in [2.75, 3.05) is 7.11 Å². The van der Waals surface area contributed by atoms with Gasteiger partial charge >= 0.3 is 0 Å². The number of nitrogens with one attached hydrogen (secondary N) is 1. The molecular formula is C13H14ClFN2O2. The van der Waals surface area contributed by atoms with Crippen molar-refractivity contribution in [1.82, 2.24) is 5.43 Å². The van der Waals surface area contributed by atoms with Crippen molar-refractivity contribution >= 4 is 11.6 Å². The SMILES string of the molecule is COc1ccc(CC(NN)c2ccoc2Cl)cc1F. The molecule has 0 saturated carbocycles. The molecule has 0 fully saturated rings. The number of hydrogen-bond acceptors (Lipinski definition) is 4. The Bertz CT molecular complexity index is 559. The molecule has 2 rings (SSSR count). The van der Waals surface area contributed by atoms with Gasteiger partial charge in [0, 0.05) is 5.56 Å². The maximum Gasteiger partial charge on any atom is 0.197 e. The summed E-state index contributed by atoms with van der Waals surface area (Å²) in [4.78, 5) is 0. The lowest BCUT2D eigenvalue weighted by molar-refractivity contribution is 0.386. The molecule has 3 N–H and O–H groups in total. The van der Waals surface area contributed by atoms with Gasteiger partial charge in [-0.3, -0.25) is 11.3 Å². The molecule has 102 valence electrons. The van der Waals surface area contributed by atoms with Gasteiger partial charge in [0.05, 0.1) is 19.4 Å². The second-order valence-electron chi connectivity index (χ2n) is 4.04. The Morgan fingerprint density at radius 2 is 2.26 bits per heavy atom. The number of halogens is 2. The van der Waals surface area contributed by atoms with Crippen molar-refractivity contribution in [3.05, 3.63) is 52.7 Å². The van der Waals surface area contributed by atoms with Gasteiger partial charge in [-0.25, -0.2) is 4.39 Å². The van der Waals surface area contributed by atoms with E-state index in [0.717, 1.165) is 11.1 Å². The molecule has 0 radical (unpaired) electrons. The van der Waals surface area contributed by atoms with E-state index in [-0.39, 0.29) is 17.0 Å². The molecule has 0 spiro atoms. The van der Waals surface area contributed by atoms with Gasteiger partial charge in [-0.1, -0.05) is 6.07 Å². The van der Waals surface area contributed by atoms with Crippen molar-refractivity contribution in [2.45, 2.75) is 12.5 Å². The van der Waals surface area contributed by atoms with Crippen molar-refractivity contribution < 1.29 is 13.5 Å². The lowest BCUT2D eigenvalue weighted by Crippen LogP contribution is -2.29. The number of benzene rings is 1. The molecular weight excluding hydrogens is 271 g/mol. The third-order valence-electron chi connectivity index (χ3n) is 2.88. The van der Waals surface area contributed by atoms with E-state index in [9.17, 15) is 4.39 Å². The number of nitrogens with two attached hydrogens (primary N) is 1. The Morgan fingerprint density at radius 3 is 2.79 bits per heavy atom. The average Bonchev–Trinajstić information content (AvgIpc) is 2.82. The number of furan rings is 1. The molecule has 1 unspecified atom stereocenters. The molecule has 1 aromatic carbocycles. The van der Waals surface area contributed by atoms with Crippen LogP contribution >= 0.6 is 11.6 Å². The van der Waals surface area contributed by atoms with Crippen LogP contribution in [0.5, 0.6) is 5.75 Å². The van der Waals surface area contributed by atoms with E-state index in [0.29, 0.717) is 6.42 Å². The van der Waals surface area contributed by atoms with Crippen LogP contribution in [0.4, 0.5) is 4.39 Å². The third-order valence-corrected chi connectivity index (χ3v) is 3.19. The Hall–Kier alpha value is -1.56. The highest BCUT2D eigenvalue weighted by Gasteiger charge is 2.17. The topological polar surface area (TPSA) is 60.4 Å². The van der Waals surface area contributed by atoms with E-state index in [1.165, 1.54) is 19.4 Å². The minimum atomic E-state index is -0.408.